The maximum Gasteiger partial charge on any atom is 2.00 e. The summed E-state index contributed by atoms with van der Waals surface area (Å²) in [6.07, 6.45) is 0. The summed E-state index contributed by atoms with van der Waals surface area (Å²) in [5, 5.41) is 0. The zero-order chi connectivity index (χ0) is 5.82. The van der Waals surface area contributed by atoms with Gasteiger partial charge in [-0.3, -0.25) is 0 Å². The quantitative estimate of drug-likeness (QED) is 0.506. The molecule has 0 N–H and O–H groups in total. The molecule has 0 aliphatic heterocycles. The molecule has 1 aromatic carbocycles. The van der Waals surface area contributed by atoms with E-state index in [4.69, 9.17) is 0 Å². The van der Waals surface area contributed by atoms with Gasteiger partial charge < -0.3 is 0 Å². The molecule has 0 nitrogen and oxygen atoms in total. The first-order valence-electron chi connectivity index (χ1n) is 2.58. The van der Waals surface area contributed by atoms with Crippen LogP contribution in [0.5, 0.6) is 0 Å². The van der Waals surface area contributed by atoms with Crippen molar-refractivity contribution >= 4 is 12.6 Å². The van der Waals surface area contributed by atoms with Gasteiger partial charge in [0.2, 0.25) is 0 Å². The molecular formula is C7H8CuS+2. The van der Waals surface area contributed by atoms with Crippen molar-refractivity contribution in [2.24, 2.45) is 0 Å². The summed E-state index contributed by atoms with van der Waals surface area (Å²) in [4.78, 5) is 0. The molecule has 0 heterocycles. The molecule has 0 saturated carbocycles. The molecule has 9 heavy (non-hydrogen) atoms. The van der Waals surface area contributed by atoms with Crippen molar-refractivity contribution in [2.75, 3.05) is 0 Å². The number of benzene rings is 1. The summed E-state index contributed by atoms with van der Waals surface area (Å²) in [7, 11) is 0. The van der Waals surface area contributed by atoms with Gasteiger partial charge in [0.25, 0.3) is 0 Å². The van der Waals surface area contributed by atoms with E-state index in [0.717, 1.165) is 5.75 Å². The van der Waals surface area contributed by atoms with Gasteiger partial charge in [0.05, 0.1) is 0 Å². The van der Waals surface area contributed by atoms with Crippen LogP contribution in [-0.4, -0.2) is 0 Å². The topological polar surface area (TPSA) is 0 Å². The molecular weight excluding hydrogens is 180 g/mol. The second-order valence-electron chi connectivity index (χ2n) is 1.64. The number of rotatable bonds is 1. The monoisotopic (exact) mass is 187 g/mol. The molecule has 51 valence electrons. The first-order valence-corrected chi connectivity index (χ1v) is 3.21. The number of hydrogen-bond donors (Lipinski definition) is 1. The fourth-order valence-electron chi connectivity index (χ4n) is 0.583. The van der Waals surface area contributed by atoms with Gasteiger partial charge in [-0.15, -0.1) is 0 Å². The Labute approximate surface area is 71.5 Å². The standard InChI is InChI=1S/C7H8S.Cu/c8-6-7-4-2-1-3-5-7;/h1-5,8H,6H2;/q;+2. The number of hydrogen-bond acceptors (Lipinski definition) is 1. The van der Waals surface area contributed by atoms with Crippen LogP contribution in [0.2, 0.25) is 0 Å². The van der Waals surface area contributed by atoms with E-state index >= 15 is 0 Å². The van der Waals surface area contributed by atoms with E-state index in [1.54, 1.807) is 0 Å². The Morgan fingerprint density at radius 1 is 1.11 bits per heavy atom. The smallest absolute Gasteiger partial charge is 0.175 e. The van der Waals surface area contributed by atoms with Gasteiger partial charge in [-0.05, 0) is 5.56 Å². The Bertz CT molecular complexity index is 150. The zero-order valence-electron chi connectivity index (χ0n) is 4.84. The maximum absolute atomic E-state index is 4.11. The van der Waals surface area contributed by atoms with Crippen LogP contribution in [0.4, 0.5) is 0 Å². The van der Waals surface area contributed by atoms with Gasteiger partial charge in [-0.1, -0.05) is 30.3 Å². The Hall–Kier alpha value is 0.0895. The van der Waals surface area contributed by atoms with Crippen LogP contribution in [0.25, 0.3) is 0 Å². The molecule has 0 saturated heterocycles. The van der Waals surface area contributed by atoms with E-state index in [0.29, 0.717) is 0 Å². The van der Waals surface area contributed by atoms with Crippen LogP contribution >= 0.6 is 12.6 Å². The van der Waals surface area contributed by atoms with Crippen molar-refractivity contribution in [3.8, 4) is 0 Å². The molecule has 0 spiro atoms. The van der Waals surface area contributed by atoms with E-state index in [1.807, 2.05) is 18.2 Å². The van der Waals surface area contributed by atoms with E-state index in [-0.39, 0.29) is 17.1 Å². The molecule has 0 amide bonds. The summed E-state index contributed by atoms with van der Waals surface area (Å²) < 4.78 is 0. The Morgan fingerprint density at radius 3 is 2.00 bits per heavy atom. The van der Waals surface area contributed by atoms with Crippen LogP contribution in [0.1, 0.15) is 5.56 Å². The molecule has 0 bridgehead atoms. The predicted molar refractivity (Wildman–Crippen MR) is 39.1 cm³/mol. The van der Waals surface area contributed by atoms with Crippen molar-refractivity contribution in [3.05, 3.63) is 35.9 Å². The van der Waals surface area contributed by atoms with E-state index in [9.17, 15) is 0 Å². The van der Waals surface area contributed by atoms with Crippen molar-refractivity contribution in [3.63, 3.8) is 0 Å². The van der Waals surface area contributed by atoms with Gasteiger partial charge in [0.1, 0.15) is 0 Å². The summed E-state index contributed by atoms with van der Waals surface area (Å²) in [6, 6.07) is 10.2. The average Bonchev–Trinajstić information content (AvgIpc) is 1.90. The molecule has 0 fully saturated rings. The Balaban J connectivity index is 0.000000640. The summed E-state index contributed by atoms with van der Waals surface area (Å²) in [5.41, 5.74) is 1.27. The second-order valence-corrected chi connectivity index (χ2v) is 1.96. The zero-order valence-corrected chi connectivity index (χ0v) is 6.68. The molecule has 1 aromatic rings. The summed E-state index contributed by atoms with van der Waals surface area (Å²) in [5.74, 6) is 0.834. The van der Waals surface area contributed by atoms with Gasteiger partial charge >= 0.3 is 17.1 Å². The molecule has 0 aromatic heterocycles. The van der Waals surface area contributed by atoms with Gasteiger partial charge in [-0.25, -0.2) is 0 Å². The maximum atomic E-state index is 4.11. The van der Waals surface area contributed by atoms with Crippen molar-refractivity contribution < 1.29 is 17.1 Å². The van der Waals surface area contributed by atoms with Crippen LogP contribution in [0.15, 0.2) is 30.3 Å². The molecule has 0 atom stereocenters. The first-order chi connectivity index (χ1) is 3.93. The molecule has 0 aliphatic carbocycles. The fraction of sp³-hybridized carbons (Fsp3) is 0.143. The third kappa shape index (κ3) is 2.95. The van der Waals surface area contributed by atoms with Crippen molar-refractivity contribution in [1.82, 2.24) is 0 Å². The van der Waals surface area contributed by atoms with Crippen LogP contribution < -0.4 is 0 Å². The van der Waals surface area contributed by atoms with Crippen LogP contribution in [-0.2, 0) is 22.8 Å². The van der Waals surface area contributed by atoms with Gasteiger partial charge in [0.15, 0.2) is 0 Å². The third-order valence-electron chi connectivity index (χ3n) is 1.03. The normalized spacial score (nSPS) is 8.11. The molecule has 0 aliphatic rings. The SMILES string of the molecule is SCc1ccccc1.[Cu+2]. The van der Waals surface area contributed by atoms with E-state index in [1.165, 1.54) is 5.56 Å². The third-order valence-corrected chi connectivity index (χ3v) is 1.39. The molecule has 1 rings (SSSR count). The largest absolute Gasteiger partial charge is 2.00 e. The number of thiol groups is 1. The Kier molecular flexibility index (Phi) is 4.97. The molecule has 0 unspecified atom stereocenters. The summed E-state index contributed by atoms with van der Waals surface area (Å²) >= 11 is 4.11. The summed E-state index contributed by atoms with van der Waals surface area (Å²) in [6.45, 7) is 0. The second kappa shape index (κ2) is 4.92. The van der Waals surface area contributed by atoms with Crippen molar-refractivity contribution in [2.45, 2.75) is 5.75 Å². The minimum atomic E-state index is 0. The van der Waals surface area contributed by atoms with Gasteiger partial charge in [0, 0.05) is 5.75 Å². The van der Waals surface area contributed by atoms with Crippen molar-refractivity contribution in [1.29, 1.82) is 0 Å². The predicted octanol–water partition coefficient (Wildman–Crippen LogP) is 2.11. The minimum absolute atomic E-state index is 0. The molecule has 2 heteroatoms. The minimum Gasteiger partial charge on any atom is -0.175 e. The van der Waals surface area contributed by atoms with Gasteiger partial charge in [-0.2, -0.15) is 12.6 Å². The van der Waals surface area contributed by atoms with Crippen LogP contribution in [0, 0.1) is 0 Å². The van der Waals surface area contributed by atoms with E-state index < -0.39 is 0 Å². The first kappa shape index (κ1) is 9.09. The molecule has 1 radical (unpaired) electrons. The van der Waals surface area contributed by atoms with E-state index in [2.05, 4.69) is 24.8 Å². The average molecular weight is 188 g/mol. The fourth-order valence-corrected chi connectivity index (χ4v) is 0.794. The van der Waals surface area contributed by atoms with Crippen LogP contribution in [0.3, 0.4) is 0 Å². The Morgan fingerprint density at radius 2 is 1.67 bits per heavy atom.